The predicted molar refractivity (Wildman–Crippen MR) is 82.2 cm³/mol. The number of hydrogen-bond acceptors (Lipinski definition) is 3. The van der Waals surface area contributed by atoms with E-state index in [1.54, 1.807) is 0 Å². The molecule has 1 rings (SSSR count). The highest BCUT2D eigenvalue weighted by Gasteiger charge is 2.29. The summed E-state index contributed by atoms with van der Waals surface area (Å²) in [6, 6.07) is 0.912. The van der Waals surface area contributed by atoms with Crippen molar-refractivity contribution in [3.8, 4) is 0 Å². The molecule has 0 aromatic carbocycles. The minimum absolute atomic E-state index is 0.119. The number of nitrogens with one attached hydrogen (secondary N) is 1. The number of rotatable bonds is 8. The van der Waals surface area contributed by atoms with E-state index in [1.165, 1.54) is 38.4 Å². The quantitative estimate of drug-likeness (QED) is 0.697. The maximum Gasteiger partial charge on any atom is 0.150 e. The monoisotopic (exact) mass is 289 g/mol. The zero-order chi connectivity index (χ0) is 14.3. The van der Waals surface area contributed by atoms with Crippen LogP contribution in [0, 0.1) is 0 Å². The first kappa shape index (κ1) is 17.0. The van der Waals surface area contributed by atoms with Gasteiger partial charge in [0.1, 0.15) is 9.84 Å². The van der Waals surface area contributed by atoms with Gasteiger partial charge < -0.3 is 5.32 Å². The molecule has 0 amide bonds. The smallest absolute Gasteiger partial charge is 0.150 e. The van der Waals surface area contributed by atoms with Crippen LogP contribution in [0.15, 0.2) is 0 Å². The maximum atomic E-state index is 11.6. The van der Waals surface area contributed by atoms with E-state index in [2.05, 4.69) is 19.2 Å². The third-order valence-electron chi connectivity index (χ3n) is 4.24. The highest BCUT2D eigenvalue weighted by Crippen LogP contribution is 2.24. The van der Waals surface area contributed by atoms with Crippen LogP contribution in [-0.4, -0.2) is 32.0 Å². The van der Waals surface area contributed by atoms with Crippen molar-refractivity contribution in [1.82, 2.24) is 5.32 Å². The van der Waals surface area contributed by atoms with Gasteiger partial charge in [0.25, 0.3) is 0 Å². The largest absolute Gasteiger partial charge is 0.311 e. The summed E-state index contributed by atoms with van der Waals surface area (Å²) < 4.78 is 23.3. The van der Waals surface area contributed by atoms with Crippen molar-refractivity contribution < 1.29 is 8.42 Å². The lowest BCUT2D eigenvalue weighted by atomic mass is 9.94. The van der Waals surface area contributed by atoms with Gasteiger partial charge in [-0.2, -0.15) is 0 Å². The minimum atomic E-state index is -2.86. The van der Waals surface area contributed by atoms with Crippen LogP contribution in [0.2, 0.25) is 0 Å². The van der Waals surface area contributed by atoms with E-state index >= 15 is 0 Å². The first-order chi connectivity index (χ1) is 8.93. The minimum Gasteiger partial charge on any atom is -0.311 e. The van der Waals surface area contributed by atoms with Gasteiger partial charge in [0.15, 0.2) is 0 Å². The molecule has 3 nitrogen and oxygen atoms in total. The highest BCUT2D eigenvalue weighted by atomic mass is 32.2. The van der Waals surface area contributed by atoms with Crippen LogP contribution in [0.1, 0.15) is 71.6 Å². The van der Waals surface area contributed by atoms with Gasteiger partial charge in [-0.1, -0.05) is 39.0 Å². The standard InChI is InChI=1S/C15H31NO2S/c1-4-5-6-7-9-13(2)16-14-10-8-11-15(12-14)19(3,17)18/h13-16H,4-12H2,1-3H3. The molecule has 1 aliphatic rings. The first-order valence-corrected chi connectivity index (χ1v) is 9.83. The van der Waals surface area contributed by atoms with Crippen LogP contribution in [-0.2, 0) is 9.84 Å². The molecule has 114 valence electrons. The summed E-state index contributed by atoms with van der Waals surface area (Å²) in [6.45, 7) is 4.46. The molecule has 0 saturated heterocycles. The fraction of sp³-hybridized carbons (Fsp3) is 1.00. The summed E-state index contributed by atoms with van der Waals surface area (Å²) in [5.74, 6) is 0. The fourth-order valence-electron chi connectivity index (χ4n) is 3.05. The van der Waals surface area contributed by atoms with E-state index in [0.29, 0.717) is 12.1 Å². The molecule has 0 bridgehead atoms. The lowest BCUT2D eigenvalue weighted by Crippen LogP contribution is -2.42. The molecular formula is C15H31NO2S. The Morgan fingerprint density at radius 1 is 1.21 bits per heavy atom. The zero-order valence-electron chi connectivity index (χ0n) is 12.8. The molecule has 19 heavy (non-hydrogen) atoms. The Kier molecular flexibility index (Phi) is 7.37. The van der Waals surface area contributed by atoms with E-state index in [0.717, 1.165) is 25.7 Å². The topological polar surface area (TPSA) is 46.2 Å². The summed E-state index contributed by atoms with van der Waals surface area (Å²) in [6.07, 6.45) is 11.6. The Bertz CT molecular complexity index is 340. The van der Waals surface area contributed by atoms with Crippen molar-refractivity contribution in [2.45, 2.75) is 89.0 Å². The third-order valence-corrected chi connectivity index (χ3v) is 5.88. The third kappa shape index (κ3) is 6.75. The molecule has 3 unspecified atom stereocenters. The molecule has 4 heteroatoms. The molecule has 0 spiro atoms. The molecular weight excluding hydrogens is 258 g/mol. The highest BCUT2D eigenvalue weighted by molar-refractivity contribution is 7.91. The van der Waals surface area contributed by atoms with Gasteiger partial charge in [-0.3, -0.25) is 0 Å². The van der Waals surface area contributed by atoms with Gasteiger partial charge in [0.2, 0.25) is 0 Å². The normalized spacial score (nSPS) is 26.3. The summed E-state index contributed by atoms with van der Waals surface area (Å²) in [7, 11) is -2.86. The Morgan fingerprint density at radius 2 is 1.95 bits per heavy atom. The molecule has 3 atom stereocenters. The molecule has 0 heterocycles. The summed E-state index contributed by atoms with van der Waals surface area (Å²) in [5, 5.41) is 3.51. The van der Waals surface area contributed by atoms with Crippen molar-refractivity contribution in [3.63, 3.8) is 0 Å². The van der Waals surface area contributed by atoms with E-state index in [1.807, 2.05) is 0 Å². The van der Waals surface area contributed by atoms with Crippen molar-refractivity contribution in [3.05, 3.63) is 0 Å². The average Bonchev–Trinajstić information content (AvgIpc) is 2.34. The Morgan fingerprint density at radius 3 is 2.58 bits per heavy atom. The van der Waals surface area contributed by atoms with E-state index in [9.17, 15) is 8.42 Å². The van der Waals surface area contributed by atoms with Crippen molar-refractivity contribution in [1.29, 1.82) is 0 Å². The summed E-state index contributed by atoms with van der Waals surface area (Å²) in [5.41, 5.74) is 0. The van der Waals surface area contributed by atoms with Crippen LogP contribution >= 0.6 is 0 Å². The van der Waals surface area contributed by atoms with Gasteiger partial charge in [-0.25, -0.2) is 8.42 Å². The van der Waals surface area contributed by atoms with E-state index < -0.39 is 9.84 Å². The average molecular weight is 289 g/mol. The van der Waals surface area contributed by atoms with Crippen LogP contribution < -0.4 is 5.32 Å². The molecule has 1 saturated carbocycles. The molecule has 1 aliphatic carbocycles. The Labute approximate surface area is 119 Å². The second-order valence-electron chi connectivity index (χ2n) is 6.23. The van der Waals surface area contributed by atoms with Crippen LogP contribution in [0.4, 0.5) is 0 Å². The van der Waals surface area contributed by atoms with Gasteiger partial charge >= 0.3 is 0 Å². The number of unbranched alkanes of at least 4 members (excludes halogenated alkanes) is 3. The van der Waals surface area contributed by atoms with Crippen LogP contribution in [0.3, 0.4) is 0 Å². The van der Waals surface area contributed by atoms with Crippen LogP contribution in [0.5, 0.6) is 0 Å². The molecule has 0 aromatic rings. The van der Waals surface area contributed by atoms with Gasteiger partial charge in [-0.05, 0) is 32.6 Å². The number of sulfone groups is 1. The second kappa shape index (κ2) is 8.25. The van der Waals surface area contributed by atoms with Crippen LogP contribution in [0.25, 0.3) is 0 Å². The predicted octanol–water partition coefficient (Wildman–Crippen LogP) is 3.29. The lowest BCUT2D eigenvalue weighted by Gasteiger charge is -2.31. The number of hydrogen-bond donors (Lipinski definition) is 1. The fourth-order valence-corrected chi connectivity index (χ4v) is 4.22. The SMILES string of the molecule is CCCCCCC(C)NC1CCCC(S(C)(=O)=O)C1. The van der Waals surface area contributed by atoms with Gasteiger partial charge in [0, 0.05) is 18.3 Å². The maximum absolute atomic E-state index is 11.6. The van der Waals surface area contributed by atoms with Gasteiger partial charge in [-0.15, -0.1) is 0 Å². The first-order valence-electron chi connectivity index (χ1n) is 7.88. The second-order valence-corrected chi connectivity index (χ2v) is 8.56. The van der Waals surface area contributed by atoms with Crippen molar-refractivity contribution in [2.24, 2.45) is 0 Å². The zero-order valence-corrected chi connectivity index (χ0v) is 13.6. The Hall–Kier alpha value is -0.0900. The molecule has 1 fully saturated rings. The lowest BCUT2D eigenvalue weighted by molar-refractivity contribution is 0.332. The molecule has 0 aliphatic heterocycles. The van der Waals surface area contributed by atoms with E-state index in [4.69, 9.17) is 0 Å². The van der Waals surface area contributed by atoms with E-state index in [-0.39, 0.29) is 5.25 Å². The summed E-state index contributed by atoms with van der Waals surface area (Å²) >= 11 is 0. The van der Waals surface area contributed by atoms with Crippen molar-refractivity contribution >= 4 is 9.84 Å². The molecule has 1 N–H and O–H groups in total. The molecule has 0 radical (unpaired) electrons. The van der Waals surface area contributed by atoms with Crippen molar-refractivity contribution in [2.75, 3.05) is 6.26 Å². The van der Waals surface area contributed by atoms with Gasteiger partial charge in [0.05, 0.1) is 5.25 Å². The Balaban J connectivity index is 2.28. The molecule has 0 aromatic heterocycles. The summed E-state index contributed by atoms with van der Waals surface area (Å²) in [4.78, 5) is 0.